The summed E-state index contributed by atoms with van der Waals surface area (Å²) in [5.41, 5.74) is 1.34. The van der Waals surface area contributed by atoms with Crippen LogP contribution in [-0.4, -0.2) is 66.7 Å². The van der Waals surface area contributed by atoms with Crippen LogP contribution in [0.15, 0.2) is 46.2 Å². The van der Waals surface area contributed by atoms with Gasteiger partial charge in [0.25, 0.3) is 0 Å². The number of allylic oxidation sites excluding steroid dienone is 2. The van der Waals surface area contributed by atoms with Crippen molar-refractivity contribution in [1.29, 1.82) is 0 Å². The van der Waals surface area contributed by atoms with Gasteiger partial charge in [-0.25, -0.2) is 4.99 Å². The first-order chi connectivity index (χ1) is 11.1. The van der Waals surface area contributed by atoms with Crippen LogP contribution in [0.2, 0.25) is 0 Å². The Morgan fingerprint density at radius 2 is 2.35 bits per heavy atom. The van der Waals surface area contributed by atoms with Crippen LogP contribution in [0, 0.1) is 5.92 Å². The molecule has 2 aliphatic heterocycles. The lowest BCUT2D eigenvalue weighted by molar-refractivity contribution is 0.0972. The van der Waals surface area contributed by atoms with E-state index < -0.39 is 6.23 Å². The average molecular weight is 318 g/mol. The van der Waals surface area contributed by atoms with Crippen molar-refractivity contribution in [2.24, 2.45) is 15.9 Å². The molecular formula is C17H26N4O2. The molecule has 0 aromatic heterocycles. The number of rotatable bonds is 3. The van der Waals surface area contributed by atoms with E-state index in [1.54, 1.807) is 29.3 Å². The number of hydrogen-bond acceptors (Lipinski definition) is 6. The van der Waals surface area contributed by atoms with Crippen LogP contribution >= 0.6 is 0 Å². The maximum absolute atomic E-state index is 10.4. The van der Waals surface area contributed by atoms with Crippen LogP contribution in [0.4, 0.5) is 0 Å². The Labute approximate surface area is 138 Å². The van der Waals surface area contributed by atoms with Gasteiger partial charge in [0.15, 0.2) is 6.23 Å². The molecule has 23 heavy (non-hydrogen) atoms. The summed E-state index contributed by atoms with van der Waals surface area (Å²) in [6.07, 6.45) is 6.13. The van der Waals surface area contributed by atoms with E-state index in [1.807, 2.05) is 14.0 Å². The second-order valence-electron chi connectivity index (χ2n) is 5.79. The van der Waals surface area contributed by atoms with Crippen molar-refractivity contribution in [2.75, 3.05) is 33.4 Å². The maximum Gasteiger partial charge on any atom is 0.204 e. The van der Waals surface area contributed by atoms with E-state index in [0.29, 0.717) is 23.9 Å². The highest BCUT2D eigenvalue weighted by atomic mass is 16.5. The molecule has 126 valence electrons. The lowest BCUT2D eigenvalue weighted by atomic mass is 10.2. The molecule has 0 aromatic rings. The quantitative estimate of drug-likeness (QED) is 0.634. The van der Waals surface area contributed by atoms with Gasteiger partial charge in [-0.3, -0.25) is 4.99 Å². The molecule has 0 spiro atoms. The highest BCUT2D eigenvalue weighted by Crippen LogP contribution is 2.22. The Morgan fingerprint density at radius 1 is 1.57 bits per heavy atom. The zero-order chi connectivity index (χ0) is 16.8. The normalized spacial score (nSPS) is 26.9. The van der Waals surface area contributed by atoms with Gasteiger partial charge in [0.2, 0.25) is 5.96 Å². The topological polar surface area (TPSA) is 60.7 Å². The number of aliphatic hydroxyl groups excluding tert-OH is 1. The number of guanidine groups is 1. The van der Waals surface area contributed by atoms with Crippen LogP contribution < -0.4 is 0 Å². The van der Waals surface area contributed by atoms with E-state index in [9.17, 15) is 5.11 Å². The van der Waals surface area contributed by atoms with E-state index in [4.69, 9.17) is 9.73 Å². The van der Waals surface area contributed by atoms with Crippen molar-refractivity contribution in [3.63, 3.8) is 0 Å². The molecule has 2 atom stereocenters. The van der Waals surface area contributed by atoms with Gasteiger partial charge in [-0.2, -0.15) is 0 Å². The molecule has 0 aromatic carbocycles. The molecule has 0 amide bonds. The van der Waals surface area contributed by atoms with Crippen molar-refractivity contribution in [2.45, 2.75) is 20.1 Å². The molecule has 2 rings (SSSR count). The standard InChI is InChI=1S/C17H26N4O2/c1-5-7-14(18-6-2)15-10-16(22)20(4)17(19-15)21-8-9-23-12-13(3)11-21/h5-7,10,13,16,22H,1,8-9,11-12H2,2-4H3/b14-7-,18-6?. The summed E-state index contributed by atoms with van der Waals surface area (Å²) in [7, 11) is 1.84. The monoisotopic (exact) mass is 318 g/mol. The zero-order valence-electron chi connectivity index (χ0n) is 14.1. The predicted molar refractivity (Wildman–Crippen MR) is 93.3 cm³/mol. The van der Waals surface area contributed by atoms with Gasteiger partial charge in [-0.15, -0.1) is 0 Å². The molecule has 2 aliphatic rings. The highest BCUT2D eigenvalue weighted by molar-refractivity contribution is 5.83. The van der Waals surface area contributed by atoms with Crippen LogP contribution in [0.25, 0.3) is 0 Å². The summed E-state index contributed by atoms with van der Waals surface area (Å²) in [5.74, 6) is 1.16. The fourth-order valence-electron chi connectivity index (χ4n) is 2.64. The summed E-state index contributed by atoms with van der Waals surface area (Å²) in [4.78, 5) is 13.0. The Bertz CT molecular complexity index is 551. The summed E-state index contributed by atoms with van der Waals surface area (Å²) in [5, 5.41) is 10.4. The molecule has 1 fully saturated rings. The molecular weight excluding hydrogens is 292 g/mol. The van der Waals surface area contributed by atoms with Crippen LogP contribution in [0.5, 0.6) is 0 Å². The van der Waals surface area contributed by atoms with Gasteiger partial charge in [0.1, 0.15) is 0 Å². The second-order valence-corrected chi connectivity index (χ2v) is 5.79. The minimum absolute atomic E-state index is 0.414. The minimum Gasteiger partial charge on any atom is -0.379 e. The van der Waals surface area contributed by atoms with E-state index in [0.717, 1.165) is 25.7 Å². The number of likely N-dealkylation sites (N-methyl/N-ethyl adjacent to an activating group) is 1. The van der Waals surface area contributed by atoms with Crippen molar-refractivity contribution in [3.05, 3.63) is 36.2 Å². The van der Waals surface area contributed by atoms with Crippen LogP contribution in [-0.2, 0) is 4.74 Å². The number of nitrogens with zero attached hydrogens (tertiary/aromatic N) is 4. The SMILES string of the molecule is C=C/C=C(\N=CC)C1=CC(O)N(C)C(N2CCOCC(C)C2)=N1. The summed E-state index contributed by atoms with van der Waals surface area (Å²) >= 11 is 0. The van der Waals surface area contributed by atoms with E-state index in [-0.39, 0.29) is 0 Å². The lowest BCUT2D eigenvalue weighted by Crippen LogP contribution is -2.49. The summed E-state index contributed by atoms with van der Waals surface area (Å²) < 4.78 is 5.60. The van der Waals surface area contributed by atoms with Crippen molar-refractivity contribution in [3.8, 4) is 0 Å². The Morgan fingerprint density at radius 3 is 3.04 bits per heavy atom. The van der Waals surface area contributed by atoms with Gasteiger partial charge < -0.3 is 19.6 Å². The number of ether oxygens (including phenoxy) is 1. The number of aliphatic imine (C=N–C) groups is 2. The molecule has 0 aliphatic carbocycles. The molecule has 0 radical (unpaired) electrons. The average Bonchev–Trinajstić information content (AvgIpc) is 2.74. The van der Waals surface area contributed by atoms with Gasteiger partial charge >= 0.3 is 0 Å². The first-order valence-electron chi connectivity index (χ1n) is 7.92. The Kier molecular flexibility index (Phi) is 6.12. The van der Waals surface area contributed by atoms with E-state index >= 15 is 0 Å². The maximum atomic E-state index is 10.4. The highest BCUT2D eigenvalue weighted by Gasteiger charge is 2.27. The first kappa shape index (κ1) is 17.4. The molecule has 2 unspecified atom stereocenters. The smallest absolute Gasteiger partial charge is 0.204 e. The molecule has 1 N–H and O–H groups in total. The fraction of sp³-hybridized carbons (Fsp3) is 0.529. The van der Waals surface area contributed by atoms with E-state index in [1.165, 1.54) is 0 Å². The van der Waals surface area contributed by atoms with Crippen molar-refractivity contribution >= 4 is 12.2 Å². The second kappa shape index (κ2) is 8.08. The van der Waals surface area contributed by atoms with Gasteiger partial charge in [-0.05, 0) is 25.0 Å². The van der Waals surface area contributed by atoms with Gasteiger partial charge in [-0.1, -0.05) is 19.6 Å². The van der Waals surface area contributed by atoms with Crippen molar-refractivity contribution < 1.29 is 9.84 Å². The lowest BCUT2D eigenvalue weighted by Gasteiger charge is -2.36. The fourth-order valence-corrected chi connectivity index (χ4v) is 2.64. The predicted octanol–water partition coefficient (Wildman–Crippen LogP) is 1.62. The molecule has 6 nitrogen and oxygen atoms in total. The molecule has 6 heteroatoms. The van der Waals surface area contributed by atoms with Crippen LogP contribution in [0.1, 0.15) is 13.8 Å². The third-order valence-corrected chi connectivity index (χ3v) is 3.77. The number of hydrogen-bond donors (Lipinski definition) is 1. The Hall–Kier alpha value is -1.92. The van der Waals surface area contributed by atoms with Gasteiger partial charge in [0.05, 0.1) is 24.6 Å². The third kappa shape index (κ3) is 4.30. The van der Waals surface area contributed by atoms with Crippen molar-refractivity contribution in [1.82, 2.24) is 9.80 Å². The summed E-state index contributed by atoms with van der Waals surface area (Å²) in [6, 6.07) is 0. The molecule has 2 heterocycles. The van der Waals surface area contributed by atoms with Gasteiger partial charge in [0, 0.05) is 26.4 Å². The molecule has 0 bridgehead atoms. The summed E-state index contributed by atoms with van der Waals surface area (Å²) in [6.45, 7) is 10.7. The van der Waals surface area contributed by atoms with E-state index in [2.05, 4.69) is 23.4 Å². The zero-order valence-corrected chi connectivity index (χ0v) is 14.1. The first-order valence-corrected chi connectivity index (χ1v) is 7.92. The molecule has 0 saturated carbocycles. The largest absolute Gasteiger partial charge is 0.379 e. The third-order valence-electron chi connectivity index (χ3n) is 3.77. The number of aliphatic hydroxyl groups is 1. The minimum atomic E-state index is -0.739. The van der Waals surface area contributed by atoms with Crippen LogP contribution in [0.3, 0.4) is 0 Å². The molecule has 1 saturated heterocycles. The Balaban J connectivity index is 2.34.